The van der Waals surface area contributed by atoms with E-state index >= 15 is 0 Å². The molecular formula is C12H23N3O. The zero-order chi connectivity index (χ0) is 12.0. The SMILES string of the molecule is CCCn1ccnc1CNC(C)(C)COC. The number of aromatic nitrogens is 2. The second kappa shape index (κ2) is 6.01. The maximum atomic E-state index is 5.16. The van der Waals surface area contributed by atoms with E-state index in [0.29, 0.717) is 6.61 Å². The second-order valence-corrected chi connectivity index (χ2v) is 4.71. The molecule has 0 unspecified atom stereocenters. The largest absolute Gasteiger partial charge is 0.383 e. The highest BCUT2D eigenvalue weighted by Gasteiger charge is 2.17. The number of rotatable bonds is 7. The van der Waals surface area contributed by atoms with Crippen molar-refractivity contribution in [1.29, 1.82) is 0 Å². The summed E-state index contributed by atoms with van der Waals surface area (Å²) in [6.45, 7) is 8.94. The first-order valence-electron chi connectivity index (χ1n) is 5.83. The molecule has 0 aliphatic rings. The molecule has 0 radical (unpaired) electrons. The normalized spacial score (nSPS) is 12.0. The van der Waals surface area contributed by atoms with Crippen LogP contribution in [-0.2, 0) is 17.8 Å². The predicted molar refractivity (Wildman–Crippen MR) is 65.3 cm³/mol. The van der Waals surface area contributed by atoms with Gasteiger partial charge in [0.25, 0.3) is 0 Å². The molecule has 0 amide bonds. The van der Waals surface area contributed by atoms with Crippen molar-refractivity contribution in [3.63, 3.8) is 0 Å². The van der Waals surface area contributed by atoms with Gasteiger partial charge in [0, 0.05) is 31.6 Å². The van der Waals surface area contributed by atoms with Crippen LogP contribution in [-0.4, -0.2) is 28.8 Å². The van der Waals surface area contributed by atoms with E-state index in [2.05, 4.69) is 35.6 Å². The smallest absolute Gasteiger partial charge is 0.122 e. The molecule has 0 aromatic carbocycles. The van der Waals surface area contributed by atoms with E-state index < -0.39 is 0 Å². The zero-order valence-corrected chi connectivity index (χ0v) is 10.8. The maximum absolute atomic E-state index is 5.16. The van der Waals surface area contributed by atoms with Crippen LogP contribution in [0.25, 0.3) is 0 Å². The van der Waals surface area contributed by atoms with Gasteiger partial charge in [0.15, 0.2) is 0 Å². The third-order valence-electron chi connectivity index (χ3n) is 2.50. The van der Waals surface area contributed by atoms with Crippen molar-refractivity contribution in [1.82, 2.24) is 14.9 Å². The van der Waals surface area contributed by atoms with Crippen LogP contribution in [0.2, 0.25) is 0 Å². The number of aryl methyl sites for hydroxylation is 1. The molecule has 0 spiro atoms. The first-order valence-corrected chi connectivity index (χ1v) is 5.83. The van der Waals surface area contributed by atoms with Crippen molar-refractivity contribution >= 4 is 0 Å². The van der Waals surface area contributed by atoms with Crippen LogP contribution >= 0.6 is 0 Å². The van der Waals surface area contributed by atoms with Crippen LogP contribution in [0.3, 0.4) is 0 Å². The Morgan fingerprint density at radius 3 is 2.88 bits per heavy atom. The highest BCUT2D eigenvalue weighted by molar-refractivity contribution is 4.93. The van der Waals surface area contributed by atoms with Crippen LogP contribution in [0.4, 0.5) is 0 Å². The number of ether oxygens (including phenoxy) is 1. The van der Waals surface area contributed by atoms with Gasteiger partial charge >= 0.3 is 0 Å². The van der Waals surface area contributed by atoms with Gasteiger partial charge in [0.05, 0.1) is 13.2 Å². The Hall–Kier alpha value is -0.870. The van der Waals surface area contributed by atoms with E-state index in [1.807, 2.05) is 12.4 Å². The lowest BCUT2D eigenvalue weighted by molar-refractivity contribution is 0.127. The quantitative estimate of drug-likeness (QED) is 0.769. The van der Waals surface area contributed by atoms with Gasteiger partial charge in [-0.25, -0.2) is 4.98 Å². The summed E-state index contributed by atoms with van der Waals surface area (Å²) in [7, 11) is 1.72. The van der Waals surface area contributed by atoms with E-state index in [1.165, 1.54) is 0 Å². The van der Waals surface area contributed by atoms with Crippen molar-refractivity contribution in [3.8, 4) is 0 Å². The van der Waals surface area contributed by atoms with E-state index in [-0.39, 0.29) is 5.54 Å². The first-order chi connectivity index (χ1) is 7.59. The van der Waals surface area contributed by atoms with Crippen molar-refractivity contribution in [3.05, 3.63) is 18.2 Å². The van der Waals surface area contributed by atoms with Crippen molar-refractivity contribution in [2.45, 2.75) is 45.8 Å². The number of hydrogen-bond acceptors (Lipinski definition) is 3. The van der Waals surface area contributed by atoms with E-state index in [0.717, 1.165) is 25.3 Å². The molecule has 0 atom stereocenters. The number of imidazole rings is 1. The Kier molecular flexibility index (Phi) is 4.96. The van der Waals surface area contributed by atoms with Crippen LogP contribution < -0.4 is 5.32 Å². The van der Waals surface area contributed by atoms with Crippen LogP contribution in [0, 0.1) is 0 Å². The summed E-state index contributed by atoms with van der Waals surface area (Å²) in [5.74, 6) is 1.09. The van der Waals surface area contributed by atoms with Gasteiger partial charge in [-0.05, 0) is 20.3 Å². The monoisotopic (exact) mass is 225 g/mol. The lowest BCUT2D eigenvalue weighted by Crippen LogP contribution is -2.43. The third-order valence-corrected chi connectivity index (χ3v) is 2.50. The average molecular weight is 225 g/mol. The molecule has 92 valence electrons. The van der Waals surface area contributed by atoms with Crippen LogP contribution in [0.15, 0.2) is 12.4 Å². The Bertz CT molecular complexity index is 307. The second-order valence-electron chi connectivity index (χ2n) is 4.71. The van der Waals surface area contributed by atoms with Gasteiger partial charge in [0.1, 0.15) is 5.82 Å². The molecule has 1 rings (SSSR count). The summed E-state index contributed by atoms with van der Waals surface area (Å²) >= 11 is 0. The van der Waals surface area contributed by atoms with Crippen molar-refractivity contribution < 1.29 is 4.74 Å². The minimum Gasteiger partial charge on any atom is -0.383 e. The molecule has 4 nitrogen and oxygen atoms in total. The van der Waals surface area contributed by atoms with Crippen LogP contribution in [0.5, 0.6) is 0 Å². The fraction of sp³-hybridized carbons (Fsp3) is 0.750. The molecule has 1 heterocycles. The van der Waals surface area contributed by atoms with Gasteiger partial charge < -0.3 is 14.6 Å². The fourth-order valence-corrected chi connectivity index (χ4v) is 1.68. The molecule has 16 heavy (non-hydrogen) atoms. The minimum atomic E-state index is -0.0161. The zero-order valence-electron chi connectivity index (χ0n) is 10.8. The highest BCUT2D eigenvalue weighted by atomic mass is 16.5. The number of nitrogens with one attached hydrogen (secondary N) is 1. The molecule has 1 N–H and O–H groups in total. The summed E-state index contributed by atoms with van der Waals surface area (Å²) < 4.78 is 7.35. The van der Waals surface area contributed by atoms with Gasteiger partial charge in [-0.15, -0.1) is 0 Å². The van der Waals surface area contributed by atoms with Crippen molar-refractivity contribution in [2.24, 2.45) is 0 Å². The Morgan fingerprint density at radius 2 is 2.25 bits per heavy atom. The number of hydrogen-bond donors (Lipinski definition) is 1. The summed E-state index contributed by atoms with van der Waals surface area (Å²) in [4.78, 5) is 4.36. The molecule has 0 aliphatic carbocycles. The maximum Gasteiger partial charge on any atom is 0.122 e. The molecule has 4 heteroatoms. The fourth-order valence-electron chi connectivity index (χ4n) is 1.68. The summed E-state index contributed by atoms with van der Waals surface area (Å²) in [5, 5.41) is 3.45. The summed E-state index contributed by atoms with van der Waals surface area (Å²) in [6, 6.07) is 0. The predicted octanol–water partition coefficient (Wildman–Crippen LogP) is 1.81. The molecule has 0 aliphatic heterocycles. The lowest BCUT2D eigenvalue weighted by Gasteiger charge is -2.25. The van der Waals surface area contributed by atoms with Gasteiger partial charge in [-0.1, -0.05) is 6.92 Å². The van der Waals surface area contributed by atoms with Gasteiger partial charge in [-0.2, -0.15) is 0 Å². The summed E-state index contributed by atoms with van der Waals surface area (Å²) in [6.07, 6.45) is 5.02. The van der Waals surface area contributed by atoms with E-state index in [4.69, 9.17) is 4.74 Å². The molecule has 0 fully saturated rings. The van der Waals surface area contributed by atoms with Crippen LogP contribution in [0.1, 0.15) is 33.0 Å². The van der Waals surface area contributed by atoms with Gasteiger partial charge in [0.2, 0.25) is 0 Å². The molecule has 1 aromatic heterocycles. The molecule has 0 bridgehead atoms. The first kappa shape index (κ1) is 13.2. The molecule has 0 saturated heterocycles. The number of nitrogens with zero attached hydrogens (tertiary/aromatic N) is 2. The number of methoxy groups -OCH3 is 1. The highest BCUT2D eigenvalue weighted by Crippen LogP contribution is 2.05. The average Bonchev–Trinajstić information content (AvgIpc) is 2.63. The van der Waals surface area contributed by atoms with E-state index in [1.54, 1.807) is 7.11 Å². The van der Waals surface area contributed by atoms with E-state index in [9.17, 15) is 0 Å². The Morgan fingerprint density at radius 1 is 1.50 bits per heavy atom. The topological polar surface area (TPSA) is 39.1 Å². The van der Waals surface area contributed by atoms with Crippen molar-refractivity contribution in [2.75, 3.05) is 13.7 Å². The lowest BCUT2D eigenvalue weighted by atomic mass is 10.1. The minimum absolute atomic E-state index is 0.0161. The standard InChI is InChI=1S/C12H23N3O/c1-5-7-15-8-6-13-11(15)9-14-12(2,3)10-16-4/h6,8,14H,5,7,9-10H2,1-4H3. The third kappa shape index (κ3) is 3.94. The summed E-state index contributed by atoms with van der Waals surface area (Å²) in [5.41, 5.74) is -0.0161. The molecule has 0 saturated carbocycles. The van der Waals surface area contributed by atoms with Gasteiger partial charge in [-0.3, -0.25) is 0 Å². The molecular weight excluding hydrogens is 202 g/mol. The molecule has 1 aromatic rings. The Labute approximate surface area is 98.0 Å². The Balaban J connectivity index is 2.50.